The van der Waals surface area contributed by atoms with Crippen molar-refractivity contribution in [1.29, 1.82) is 0 Å². The molecule has 128 valence electrons. The van der Waals surface area contributed by atoms with Crippen molar-refractivity contribution in [2.45, 2.75) is 20.3 Å². The van der Waals surface area contributed by atoms with E-state index < -0.39 is 0 Å². The third kappa shape index (κ3) is 4.35. The minimum Gasteiger partial charge on any atom is -0.352 e. The van der Waals surface area contributed by atoms with Gasteiger partial charge in [-0.2, -0.15) is 0 Å². The molecule has 0 fully saturated rings. The lowest BCUT2D eigenvalue weighted by Gasteiger charge is -2.12. The van der Waals surface area contributed by atoms with Gasteiger partial charge in [0.2, 0.25) is 0 Å². The number of pyridine rings is 1. The van der Waals surface area contributed by atoms with E-state index in [-0.39, 0.29) is 5.91 Å². The van der Waals surface area contributed by atoms with E-state index in [1.807, 2.05) is 60.7 Å². The van der Waals surface area contributed by atoms with Crippen molar-refractivity contribution in [2.75, 3.05) is 11.9 Å². The number of anilines is 2. The Morgan fingerprint density at radius 1 is 1.04 bits per heavy atom. The van der Waals surface area contributed by atoms with Crippen molar-refractivity contribution in [3.8, 4) is 0 Å². The number of para-hydroxylation sites is 2. The second kappa shape index (κ2) is 7.79. The Labute approximate surface area is 148 Å². The lowest BCUT2D eigenvalue weighted by molar-refractivity contribution is 0.0953. The van der Waals surface area contributed by atoms with Crippen molar-refractivity contribution >= 4 is 28.3 Å². The summed E-state index contributed by atoms with van der Waals surface area (Å²) < 4.78 is 0. The monoisotopic (exact) mass is 333 g/mol. The van der Waals surface area contributed by atoms with E-state index in [2.05, 4.69) is 29.5 Å². The molecule has 3 aromatic rings. The van der Waals surface area contributed by atoms with Crippen LogP contribution in [0.25, 0.3) is 10.9 Å². The summed E-state index contributed by atoms with van der Waals surface area (Å²) in [6.07, 6.45) is 0.962. The molecule has 2 aromatic carbocycles. The van der Waals surface area contributed by atoms with E-state index in [1.165, 1.54) is 0 Å². The smallest absolute Gasteiger partial charge is 0.252 e. The highest BCUT2D eigenvalue weighted by atomic mass is 16.1. The first kappa shape index (κ1) is 17.0. The topological polar surface area (TPSA) is 54.0 Å². The zero-order valence-corrected chi connectivity index (χ0v) is 14.6. The van der Waals surface area contributed by atoms with Gasteiger partial charge in [-0.3, -0.25) is 4.79 Å². The summed E-state index contributed by atoms with van der Waals surface area (Å²) in [5.41, 5.74) is 2.39. The average Bonchev–Trinajstić information content (AvgIpc) is 2.61. The molecule has 4 heteroatoms. The maximum Gasteiger partial charge on any atom is 0.252 e. The van der Waals surface area contributed by atoms with Crippen LogP contribution in [0.15, 0.2) is 60.7 Å². The fraction of sp³-hybridized carbons (Fsp3) is 0.238. The maximum absolute atomic E-state index is 12.7. The highest BCUT2D eigenvalue weighted by Crippen LogP contribution is 2.23. The first-order valence-corrected chi connectivity index (χ1v) is 8.63. The molecule has 1 heterocycles. The lowest BCUT2D eigenvalue weighted by Crippen LogP contribution is -2.25. The van der Waals surface area contributed by atoms with Gasteiger partial charge in [-0.25, -0.2) is 4.98 Å². The van der Waals surface area contributed by atoms with Crippen molar-refractivity contribution < 1.29 is 4.79 Å². The molecule has 0 saturated heterocycles. The third-order valence-electron chi connectivity index (χ3n) is 4.01. The number of rotatable bonds is 6. The second-order valence-corrected chi connectivity index (χ2v) is 6.50. The number of aromatic nitrogens is 1. The van der Waals surface area contributed by atoms with E-state index >= 15 is 0 Å². The number of nitrogens with zero attached hydrogens (tertiary/aromatic N) is 1. The third-order valence-corrected chi connectivity index (χ3v) is 4.01. The first-order valence-electron chi connectivity index (χ1n) is 8.63. The fourth-order valence-corrected chi connectivity index (χ4v) is 2.67. The van der Waals surface area contributed by atoms with Gasteiger partial charge < -0.3 is 10.6 Å². The molecule has 0 aliphatic rings. The molecule has 2 N–H and O–H groups in total. The van der Waals surface area contributed by atoms with Gasteiger partial charge in [0, 0.05) is 17.6 Å². The Morgan fingerprint density at radius 2 is 1.76 bits per heavy atom. The average molecular weight is 333 g/mol. The van der Waals surface area contributed by atoms with Crippen LogP contribution in [0.2, 0.25) is 0 Å². The zero-order chi connectivity index (χ0) is 17.6. The van der Waals surface area contributed by atoms with Gasteiger partial charge in [0.05, 0.1) is 11.1 Å². The number of nitrogens with one attached hydrogen (secondary N) is 2. The maximum atomic E-state index is 12.7. The lowest BCUT2D eigenvalue weighted by atomic mass is 10.1. The highest BCUT2D eigenvalue weighted by Gasteiger charge is 2.13. The zero-order valence-electron chi connectivity index (χ0n) is 14.6. The Bertz CT molecular complexity index is 859. The predicted octanol–water partition coefficient (Wildman–Crippen LogP) is 4.75. The van der Waals surface area contributed by atoms with Gasteiger partial charge in [-0.15, -0.1) is 0 Å². The van der Waals surface area contributed by atoms with E-state index in [0.29, 0.717) is 23.8 Å². The summed E-state index contributed by atoms with van der Waals surface area (Å²) in [6.45, 7) is 4.97. The number of amides is 1. The Balaban J connectivity index is 1.91. The van der Waals surface area contributed by atoms with Crippen molar-refractivity contribution in [3.05, 3.63) is 66.2 Å². The summed E-state index contributed by atoms with van der Waals surface area (Å²) in [4.78, 5) is 17.3. The van der Waals surface area contributed by atoms with E-state index in [0.717, 1.165) is 23.0 Å². The molecule has 0 unspecified atom stereocenters. The molecule has 0 atom stereocenters. The Hall–Kier alpha value is -2.88. The summed E-state index contributed by atoms with van der Waals surface area (Å²) in [7, 11) is 0. The summed E-state index contributed by atoms with van der Waals surface area (Å²) in [5.74, 6) is 1.17. The molecule has 0 bridgehead atoms. The predicted molar refractivity (Wildman–Crippen MR) is 103 cm³/mol. The van der Waals surface area contributed by atoms with Crippen LogP contribution in [-0.4, -0.2) is 17.4 Å². The molecule has 25 heavy (non-hydrogen) atoms. The van der Waals surface area contributed by atoms with Crippen LogP contribution < -0.4 is 10.6 Å². The molecule has 0 radical (unpaired) electrons. The summed E-state index contributed by atoms with van der Waals surface area (Å²) in [5, 5.41) is 7.16. The number of fused-ring (bicyclic) bond motifs is 1. The molecule has 0 saturated carbocycles. The van der Waals surface area contributed by atoms with Crippen LogP contribution in [0.4, 0.5) is 11.5 Å². The number of benzene rings is 2. The van der Waals surface area contributed by atoms with Gasteiger partial charge >= 0.3 is 0 Å². The minimum absolute atomic E-state index is 0.0599. The molecule has 0 spiro atoms. The SMILES string of the molecule is CC(C)CCNC(=O)c1cc(Nc2ccccc2)nc2ccccc12. The van der Waals surface area contributed by atoms with Gasteiger partial charge in [-0.05, 0) is 36.6 Å². The summed E-state index contributed by atoms with van der Waals surface area (Å²) >= 11 is 0. The molecule has 0 aliphatic carbocycles. The second-order valence-electron chi connectivity index (χ2n) is 6.50. The molecule has 1 amide bonds. The van der Waals surface area contributed by atoms with Crippen LogP contribution in [-0.2, 0) is 0 Å². The quantitative estimate of drug-likeness (QED) is 0.684. The van der Waals surface area contributed by atoms with Crippen molar-refractivity contribution in [2.24, 2.45) is 5.92 Å². The van der Waals surface area contributed by atoms with Gasteiger partial charge in [0.25, 0.3) is 5.91 Å². The molecular weight excluding hydrogens is 310 g/mol. The number of hydrogen-bond acceptors (Lipinski definition) is 3. The highest BCUT2D eigenvalue weighted by molar-refractivity contribution is 6.07. The normalized spacial score (nSPS) is 10.8. The van der Waals surface area contributed by atoms with Crippen LogP contribution in [0.3, 0.4) is 0 Å². The summed E-state index contributed by atoms with van der Waals surface area (Å²) in [6, 6.07) is 19.4. The van der Waals surface area contributed by atoms with Crippen LogP contribution in [0.5, 0.6) is 0 Å². The van der Waals surface area contributed by atoms with Gasteiger partial charge in [-0.1, -0.05) is 50.2 Å². The first-order chi connectivity index (χ1) is 12.1. The molecular formula is C21H23N3O. The number of carbonyl (C=O) groups excluding carboxylic acids is 1. The van der Waals surface area contributed by atoms with Crippen molar-refractivity contribution in [3.63, 3.8) is 0 Å². The van der Waals surface area contributed by atoms with Crippen LogP contribution in [0.1, 0.15) is 30.6 Å². The van der Waals surface area contributed by atoms with Crippen molar-refractivity contribution in [1.82, 2.24) is 10.3 Å². The van der Waals surface area contributed by atoms with Crippen LogP contribution in [0, 0.1) is 5.92 Å². The molecule has 3 rings (SSSR count). The minimum atomic E-state index is -0.0599. The largest absolute Gasteiger partial charge is 0.352 e. The standard InChI is InChI=1S/C21H23N3O/c1-15(2)12-13-22-21(25)18-14-20(23-16-8-4-3-5-9-16)24-19-11-7-6-10-17(18)19/h3-11,14-15H,12-13H2,1-2H3,(H,22,25)(H,23,24). The van der Waals surface area contributed by atoms with E-state index in [4.69, 9.17) is 0 Å². The van der Waals surface area contributed by atoms with Gasteiger partial charge in [0.1, 0.15) is 5.82 Å². The fourth-order valence-electron chi connectivity index (χ4n) is 2.67. The van der Waals surface area contributed by atoms with Crippen LogP contribution >= 0.6 is 0 Å². The van der Waals surface area contributed by atoms with E-state index in [1.54, 1.807) is 0 Å². The Morgan fingerprint density at radius 3 is 2.52 bits per heavy atom. The molecule has 0 aliphatic heterocycles. The molecule has 4 nitrogen and oxygen atoms in total. The number of hydrogen-bond donors (Lipinski definition) is 2. The Kier molecular flexibility index (Phi) is 5.29. The van der Waals surface area contributed by atoms with E-state index in [9.17, 15) is 4.79 Å². The number of carbonyl (C=O) groups is 1. The molecule has 1 aromatic heterocycles. The van der Waals surface area contributed by atoms with Gasteiger partial charge in [0.15, 0.2) is 0 Å².